The highest BCUT2D eigenvalue weighted by atomic mass is 19.1. The Bertz CT molecular complexity index is 494. The molecular formula is C16H24FN3O. The van der Waals surface area contributed by atoms with E-state index in [9.17, 15) is 9.18 Å². The van der Waals surface area contributed by atoms with Gasteiger partial charge in [-0.05, 0) is 31.9 Å². The minimum Gasteiger partial charge on any atom is -0.358 e. The van der Waals surface area contributed by atoms with Crippen LogP contribution in [0.15, 0.2) is 24.3 Å². The summed E-state index contributed by atoms with van der Waals surface area (Å²) in [5.74, 6) is -0.272. The van der Waals surface area contributed by atoms with Crippen LogP contribution in [0.4, 0.5) is 4.39 Å². The molecule has 3 atom stereocenters. The maximum Gasteiger partial charge on any atom is 0.237 e. The molecule has 4 nitrogen and oxygen atoms in total. The van der Waals surface area contributed by atoms with E-state index in [4.69, 9.17) is 5.73 Å². The third-order valence-electron chi connectivity index (χ3n) is 4.30. The van der Waals surface area contributed by atoms with Gasteiger partial charge in [0, 0.05) is 18.7 Å². The van der Waals surface area contributed by atoms with Gasteiger partial charge in [0.05, 0.1) is 12.1 Å². The van der Waals surface area contributed by atoms with E-state index in [-0.39, 0.29) is 29.8 Å². The van der Waals surface area contributed by atoms with Crippen molar-refractivity contribution in [1.82, 2.24) is 10.2 Å². The molecule has 1 heterocycles. The molecule has 1 saturated heterocycles. The minimum absolute atomic E-state index is 0.0165. The van der Waals surface area contributed by atoms with E-state index in [0.717, 1.165) is 25.8 Å². The number of carbonyl (C=O) groups excluding carboxylic acids is 1. The molecule has 1 aromatic rings. The Balaban J connectivity index is 2.37. The van der Waals surface area contributed by atoms with Crippen LogP contribution in [-0.4, -0.2) is 36.5 Å². The topological polar surface area (TPSA) is 58.4 Å². The van der Waals surface area contributed by atoms with Crippen molar-refractivity contribution in [2.75, 3.05) is 13.6 Å². The van der Waals surface area contributed by atoms with Crippen LogP contribution in [0, 0.1) is 5.82 Å². The molecule has 116 valence electrons. The number of amides is 1. The zero-order valence-corrected chi connectivity index (χ0v) is 12.7. The van der Waals surface area contributed by atoms with Crippen molar-refractivity contribution >= 4 is 5.91 Å². The number of rotatable bonds is 5. The van der Waals surface area contributed by atoms with Gasteiger partial charge in [0.2, 0.25) is 5.91 Å². The number of nitrogens with two attached hydrogens (primary N) is 1. The second-order valence-corrected chi connectivity index (χ2v) is 5.55. The van der Waals surface area contributed by atoms with Gasteiger partial charge in [-0.15, -0.1) is 0 Å². The van der Waals surface area contributed by atoms with E-state index in [1.165, 1.54) is 6.07 Å². The molecule has 3 unspecified atom stereocenters. The van der Waals surface area contributed by atoms with Gasteiger partial charge in [0.25, 0.3) is 0 Å². The lowest BCUT2D eigenvalue weighted by molar-refractivity contribution is -0.125. The van der Waals surface area contributed by atoms with E-state index < -0.39 is 0 Å². The molecule has 5 heteroatoms. The summed E-state index contributed by atoms with van der Waals surface area (Å²) < 4.78 is 14.2. The van der Waals surface area contributed by atoms with E-state index in [1.807, 2.05) is 13.0 Å². The molecule has 21 heavy (non-hydrogen) atoms. The van der Waals surface area contributed by atoms with Crippen molar-refractivity contribution in [1.29, 1.82) is 0 Å². The molecule has 0 bridgehead atoms. The number of halogens is 1. The summed E-state index contributed by atoms with van der Waals surface area (Å²) in [6, 6.07) is 6.03. The van der Waals surface area contributed by atoms with Crippen molar-refractivity contribution in [2.24, 2.45) is 5.73 Å². The summed E-state index contributed by atoms with van der Waals surface area (Å²) in [5.41, 5.74) is 6.85. The largest absolute Gasteiger partial charge is 0.358 e. The second-order valence-electron chi connectivity index (χ2n) is 5.55. The monoisotopic (exact) mass is 293 g/mol. The molecule has 1 fully saturated rings. The number of carbonyl (C=O) groups is 1. The Morgan fingerprint density at radius 3 is 2.86 bits per heavy atom. The van der Waals surface area contributed by atoms with Gasteiger partial charge in [-0.1, -0.05) is 25.1 Å². The minimum atomic E-state index is -0.263. The van der Waals surface area contributed by atoms with Crippen molar-refractivity contribution in [3.05, 3.63) is 35.6 Å². The van der Waals surface area contributed by atoms with Crippen LogP contribution >= 0.6 is 0 Å². The van der Waals surface area contributed by atoms with Gasteiger partial charge >= 0.3 is 0 Å². The summed E-state index contributed by atoms with van der Waals surface area (Å²) >= 11 is 0. The molecule has 1 aliphatic rings. The van der Waals surface area contributed by atoms with Gasteiger partial charge in [0.1, 0.15) is 5.82 Å². The maximum atomic E-state index is 14.2. The summed E-state index contributed by atoms with van der Waals surface area (Å²) in [4.78, 5) is 14.1. The maximum absolute atomic E-state index is 14.2. The number of likely N-dealkylation sites (N-methyl/N-ethyl adjacent to an activating group) is 1. The smallest absolute Gasteiger partial charge is 0.237 e. The number of benzene rings is 1. The zero-order valence-electron chi connectivity index (χ0n) is 12.7. The summed E-state index contributed by atoms with van der Waals surface area (Å²) in [5, 5.41) is 2.70. The Hall–Kier alpha value is -1.46. The number of likely N-dealkylation sites (tertiary alicyclic amines) is 1. The van der Waals surface area contributed by atoms with Crippen molar-refractivity contribution in [3.63, 3.8) is 0 Å². The number of nitrogens with zero attached hydrogens (tertiary/aromatic N) is 1. The molecule has 1 aliphatic heterocycles. The first-order valence-electron chi connectivity index (χ1n) is 7.57. The lowest BCUT2D eigenvalue weighted by atomic mass is 9.95. The lowest BCUT2D eigenvalue weighted by Crippen LogP contribution is -2.48. The van der Waals surface area contributed by atoms with Crippen molar-refractivity contribution < 1.29 is 9.18 Å². The quantitative estimate of drug-likeness (QED) is 0.870. The fraction of sp³-hybridized carbons (Fsp3) is 0.562. The molecule has 2 rings (SSSR count). The summed E-state index contributed by atoms with van der Waals surface area (Å²) in [6.07, 6.45) is 2.45. The first kappa shape index (κ1) is 15.9. The van der Waals surface area contributed by atoms with Crippen molar-refractivity contribution in [2.45, 2.75) is 44.3 Å². The van der Waals surface area contributed by atoms with Crippen molar-refractivity contribution in [3.8, 4) is 0 Å². The molecule has 1 amide bonds. The fourth-order valence-corrected chi connectivity index (χ4v) is 3.16. The summed E-state index contributed by atoms with van der Waals surface area (Å²) in [6.45, 7) is 2.76. The number of hydrogen-bond acceptors (Lipinski definition) is 3. The zero-order chi connectivity index (χ0) is 15.4. The van der Waals surface area contributed by atoms with E-state index in [1.54, 1.807) is 19.2 Å². The number of nitrogens with one attached hydrogen (secondary N) is 1. The average molecular weight is 293 g/mol. The lowest BCUT2D eigenvalue weighted by Gasteiger charge is -2.36. The van der Waals surface area contributed by atoms with Crippen LogP contribution in [0.25, 0.3) is 0 Å². The molecule has 1 aromatic carbocycles. The molecule has 0 radical (unpaired) electrons. The average Bonchev–Trinajstić information content (AvgIpc) is 2.97. The van der Waals surface area contributed by atoms with Gasteiger partial charge < -0.3 is 11.1 Å². The molecule has 0 aliphatic carbocycles. The molecule has 0 saturated carbocycles. The highest BCUT2D eigenvalue weighted by Crippen LogP contribution is 2.33. The van der Waals surface area contributed by atoms with Gasteiger partial charge in [-0.2, -0.15) is 0 Å². The van der Waals surface area contributed by atoms with E-state index in [0.29, 0.717) is 5.56 Å². The third-order valence-corrected chi connectivity index (χ3v) is 4.30. The van der Waals surface area contributed by atoms with E-state index in [2.05, 4.69) is 10.2 Å². The Kier molecular flexibility index (Phi) is 5.31. The van der Waals surface area contributed by atoms with Crippen LogP contribution in [0.1, 0.15) is 37.8 Å². The molecule has 0 spiro atoms. The van der Waals surface area contributed by atoms with Crippen LogP contribution in [0.3, 0.4) is 0 Å². The SMILES string of the molecule is CCC(N)C(c1ccccc1F)N1CCCC1C(=O)NC. The highest BCUT2D eigenvalue weighted by molar-refractivity contribution is 5.81. The number of hydrogen-bond donors (Lipinski definition) is 2. The van der Waals surface area contributed by atoms with Crippen LogP contribution in [-0.2, 0) is 4.79 Å². The first-order valence-corrected chi connectivity index (χ1v) is 7.57. The second kappa shape index (κ2) is 7.00. The highest BCUT2D eigenvalue weighted by Gasteiger charge is 2.38. The predicted octanol–water partition coefficient (Wildman–Crippen LogP) is 1.81. The van der Waals surface area contributed by atoms with Gasteiger partial charge in [-0.3, -0.25) is 9.69 Å². The molecule has 3 N–H and O–H groups in total. The predicted molar refractivity (Wildman–Crippen MR) is 81.2 cm³/mol. The van der Waals surface area contributed by atoms with Gasteiger partial charge in [-0.25, -0.2) is 4.39 Å². The molecule has 0 aromatic heterocycles. The van der Waals surface area contributed by atoms with Gasteiger partial charge in [0.15, 0.2) is 0 Å². The first-order chi connectivity index (χ1) is 10.1. The Morgan fingerprint density at radius 1 is 1.52 bits per heavy atom. The Labute approximate surface area is 125 Å². The van der Waals surface area contributed by atoms with Crippen LogP contribution in [0.5, 0.6) is 0 Å². The standard InChI is InChI=1S/C16H24FN3O/c1-3-13(18)15(11-7-4-5-8-12(11)17)20-10-6-9-14(20)16(21)19-2/h4-5,7-8,13-15H,3,6,9-10,18H2,1-2H3,(H,19,21). The third kappa shape index (κ3) is 3.24. The van der Waals surface area contributed by atoms with Crippen LogP contribution < -0.4 is 11.1 Å². The summed E-state index contributed by atoms with van der Waals surface area (Å²) in [7, 11) is 1.64. The Morgan fingerprint density at radius 2 is 2.24 bits per heavy atom. The van der Waals surface area contributed by atoms with Crippen LogP contribution in [0.2, 0.25) is 0 Å². The normalized spacial score (nSPS) is 22.0. The fourth-order valence-electron chi connectivity index (χ4n) is 3.16. The van der Waals surface area contributed by atoms with E-state index >= 15 is 0 Å². The molecular weight excluding hydrogens is 269 g/mol.